The van der Waals surface area contributed by atoms with Crippen LogP contribution in [0.4, 0.5) is 4.79 Å². The minimum atomic E-state index is -1.25. The van der Waals surface area contributed by atoms with Gasteiger partial charge in [-0.25, -0.2) is 4.79 Å². The molecule has 392 valence electrons. The number of imide groups is 2. The monoisotopic (exact) mass is 1000 g/mol. The fraction of sp³-hybridized carbons (Fsp3) is 0.604. The number of nitrogens with zero attached hydrogens (tertiary/aromatic N) is 1. The molecule has 1 saturated carbocycles. The molecule has 0 radical (unpaired) electrons. The van der Waals surface area contributed by atoms with Crippen LogP contribution < -0.4 is 36.1 Å². The van der Waals surface area contributed by atoms with Crippen LogP contribution in [0.3, 0.4) is 0 Å². The van der Waals surface area contributed by atoms with Crippen molar-refractivity contribution in [1.82, 2.24) is 31.5 Å². The van der Waals surface area contributed by atoms with Gasteiger partial charge < -0.3 is 45.0 Å². The summed E-state index contributed by atoms with van der Waals surface area (Å²) in [5, 5.41) is 13.3. The molecule has 0 spiro atoms. The lowest BCUT2D eigenvalue weighted by Crippen LogP contribution is -2.59. The number of rotatable bonds is 26. The smallest absolute Gasteiger partial charge is 0.408 e. The van der Waals surface area contributed by atoms with Gasteiger partial charge in [-0.2, -0.15) is 0 Å². The lowest BCUT2D eigenvalue weighted by atomic mass is 9.84. The number of carbonyl (C=O) groups excluding carboxylic acids is 9. The van der Waals surface area contributed by atoms with Crippen LogP contribution in [0, 0.1) is 11.8 Å². The first-order valence-corrected chi connectivity index (χ1v) is 25.6. The van der Waals surface area contributed by atoms with E-state index >= 15 is 0 Å². The summed E-state index contributed by atoms with van der Waals surface area (Å²) in [5.74, 6) is -2.92. The van der Waals surface area contributed by atoms with Crippen molar-refractivity contribution >= 4 is 53.7 Å². The minimum Gasteiger partial charge on any atom is -0.494 e. The molecule has 3 heterocycles. The second kappa shape index (κ2) is 26.4. The van der Waals surface area contributed by atoms with Crippen molar-refractivity contribution in [3.63, 3.8) is 0 Å². The molecule has 5 N–H and O–H groups in total. The van der Waals surface area contributed by atoms with E-state index in [1.54, 1.807) is 37.3 Å². The Hall–Kier alpha value is -6.37. The quantitative estimate of drug-likeness (QED) is 0.0453. The van der Waals surface area contributed by atoms with Gasteiger partial charge in [-0.15, -0.1) is 0 Å². The van der Waals surface area contributed by atoms with Gasteiger partial charge in [0.25, 0.3) is 11.8 Å². The number of fused-ring (bicyclic) bond motifs is 1. The molecule has 3 aliphatic heterocycles. The molecule has 8 amide bonds. The number of nitrogens with one attached hydrogen (secondary N) is 5. The average Bonchev–Trinajstić information content (AvgIpc) is 3.87. The Kier molecular flexibility index (Phi) is 20.1. The summed E-state index contributed by atoms with van der Waals surface area (Å²) in [5.41, 5.74) is 0.295. The zero-order valence-corrected chi connectivity index (χ0v) is 42.1. The van der Waals surface area contributed by atoms with Crippen molar-refractivity contribution in [2.75, 3.05) is 19.8 Å². The summed E-state index contributed by atoms with van der Waals surface area (Å²) in [6.45, 7) is 8.36. The van der Waals surface area contributed by atoms with E-state index < -0.39 is 83.3 Å². The highest BCUT2D eigenvalue weighted by Gasteiger charge is 2.46. The fourth-order valence-electron chi connectivity index (χ4n) is 9.81. The van der Waals surface area contributed by atoms with E-state index in [0.29, 0.717) is 55.9 Å². The predicted molar refractivity (Wildman–Crippen MR) is 263 cm³/mol. The van der Waals surface area contributed by atoms with Crippen molar-refractivity contribution in [3.8, 4) is 11.5 Å². The normalized spacial score (nSPS) is 19.8. The van der Waals surface area contributed by atoms with Gasteiger partial charge in [0.15, 0.2) is 0 Å². The molecular formula is C53H72N6O13. The van der Waals surface area contributed by atoms with E-state index in [-0.39, 0.29) is 48.8 Å². The van der Waals surface area contributed by atoms with E-state index in [1.807, 2.05) is 26.8 Å². The number of ether oxygens (including phenoxy) is 4. The number of carbonyl (C=O) groups is 9. The van der Waals surface area contributed by atoms with Crippen LogP contribution in [0.2, 0.25) is 0 Å². The maximum Gasteiger partial charge on any atom is 0.408 e. The van der Waals surface area contributed by atoms with Crippen molar-refractivity contribution in [2.45, 2.75) is 173 Å². The highest BCUT2D eigenvalue weighted by molar-refractivity contribution is 6.24. The SMILES string of the molecule is C[C@@H](OC(C)(C)C)[C@H](NC(=O)OCc1cccc(OCCCCCCCCOc2cccc3c2C(=O)N(C2CCC(=O)NC2=O)C3=O)c1)C(=O)N[C@@H](CC1CCCCC1)C(=O)N[C@H](C=O)C[C@@H]1CCNC1=O. The van der Waals surface area contributed by atoms with Gasteiger partial charge in [0.05, 0.1) is 42.1 Å². The second-order valence-electron chi connectivity index (χ2n) is 20.3. The Morgan fingerprint density at radius 3 is 2.18 bits per heavy atom. The second-order valence-corrected chi connectivity index (χ2v) is 20.3. The Bertz CT molecular complexity index is 2280. The molecule has 3 fully saturated rings. The first-order chi connectivity index (χ1) is 34.5. The summed E-state index contributed by atoms with van der Waals surface area (Å²) >= 11 is 0. The summed E-state index contributed by atoms with van der Waals surface area (Å²) in [6.07, 6.45) is 10.3. The largest absolute Gasteiger partial charge is 0.494 e. The summed E-state index contributed by atoms with van der Waals surface area (Å²) in [6, 6.07) is 7.78. The molecule has 0 aromatic heterocycles. The van der Waals surface area contributed by atoms with E-state index in [2.05, 4.69) is 26.6 Å². The topological polar surface area (TPSA) is 254 Å². The molecule has 19 nitrogen and oxygen atoms in total. The lowest BCUT2D eigenvalue weighted by Gasteiger charge is -2.32. The maximum absolute atomic E-state index is 14.1. The number of benzene rings is 2. The van der Waals surface area contributed by atoms with Gasteiger partial charge in [-0.3, -0.25) is 43.8 Å². The number of unbranched alkanes of at least 4 members (excludes halogenated alkanes) is 5. The molecule has 6 atom stereocenters. The van der Waals surface area contributed by atoms with Crippen molar-refractivity contribution in [2.24, 2.45) is 11.8 Å². The fourth-order valence-corrected chi connectivity index (χ4v) is 9.81. The van der Waals surface area contributed by atoms with E-state index in [9.17, 15) is 43.2 Å². The number of hydrogen-bond acceptors (Lipinski definition) is 13. The van der Waals surface area contributed by atoms with Crippen molar-refractivity contribution < 1.29 is 62.1 Å². The summed E-state index contributed by atoms with van der Waals surface area (Å²) in [7, 11) is 0. The van der Waals surface area contributed by atoms with Gasteiger partial charge in [-0.05, 0) is 102 Å². The predicted octanol–water partition coefficient (Wildman–Crippen LogP) is 5.35. The number of amides is 8. The molecule has 4 aliphatic rings. The number of aldehydes is 1. The zero-order chi connectivity index (χ0) is 51.8. The van der Waals surface area contributed by atoms with Gasteiger partial charge in [0.2, 0.25) is 29.5 Å². The zero-order valence-electron chi connectivity index (χ0n) is 42.1. The van der Waals surface area contributed by atoms with E-state index in [4.69, 9.17) is 18.9 Å². The van der Waals surface area contributed by atoms with Gasteiger partial charge in [-0.1, -0.05) is 76.0 Å². The Morgan fingerprint density at radius 1 is 0.792 bits per heavy atom. The Balaban J connectivity index is 0.921. The Morgan fingerprint density at radius 2 is 1.50 bits per heavy atom. The van der Waals surface area contributed by atoms with Gasteiger partial charge >= 0.3 is 6.09 Å². The van der Waals surface area contributed by atoms with Crippen LogP contribution in [0.15, 0.2) is 42.5 Å². The number of piperidine rings is 1. The molecule has 0 bridgehead atoms. The van der Waals surface area contributed by atoms with E-state index in [0.717, 1.165) is 75.5 Å². The maximum atomic E-state index is 14.1. The molecular weight excluding hydrogens is 929 g/mol. The molecule has 1 aliphatic carbocycles. The third-order valence-electron chi connectivity index (χ3n) is 13.4. The van der Waals surface area contributed by atoms with E-state index in [1.165, 1.54) is 6.07 Å². The molecule has 19 heteroatoms. The molecule has 2 aromatic rings. The molecule has 2 saturated heterocycles. The van der Waals surface area contributed by atoms with Crippen molar-refractivity contribution in [1.29, 1.82) is 0 Å². The number of hydrogen-bond donors (Lipinski definition) is 5. The van der Waals surface area contributed by atoms with Crippen LogP contribution in [0.25, 0.3) is 0 Å². The van der Waals surface area contributed by atoms with Crippen LogP contribution in [-0.4, -0.2) is 114 Å². The van der Waals surface area contributed by atoms with Crippen molar-refractivity contribution in [3.05, 3.63) is 59.2 Å². The molecule has 6 rings (SSSR count). The first-order valence-electron chi connectivity index (χ1n) is 25.6. The molecule has 1 unspecified atom stereocenters. The van der Waals surface area contributed by atoms with Crippen LogP contribution in [0.1, 0.15) is 157 Å². The highest BCUT2D eigenvalue weighted by Crippen LogP contribution is 2.34. The van der Waals surface area contributed by atoms with Gasteiger partial charge in [0, 0.05) is 18.9 Å². The summed E-state index contributed by atoms with van der Waals surface area (Å²) < 4.78 is 23.7. The van der Waals surface area contributed by atoms with Crippen LogP contribution >= 0.6 is 0 Å². The average molecular weight is 1000 g/mol. The molecule has 2 aromatic carbocycles. The van der Waals surface area contributed by atoms with Gasteiger partial charge in [0.1, 0.15) is 42.5 Å². The standard InChI is InChI=1S/C53H72N6O13/c1-33(72-53(2,3)4)45(49(65)56-40(29-34-16-10-9-11-17-34)47(63)55-37(31-60)30-36-24-25-54-46(36)62)58-52(68)71-32-35-18-14-19-38(28-35)69-26-12-7-5-6-8-13-27-70-42-21-15-20-39-44(42)51(67)59(50(39)66)41-22-23-43(61)57-48(41)64/h14-15,18-21,28,31,33-34,36-37,40-41,45H,5-13,16-17,22-27,29-30,32H2,1-4H3,(H,54,62)(H,55,63)(H,56,65)(H,58,68)(H,57,61,64)/t33-,36+,37+,40+,41?,45+/m1/s1. The first kappa shape index (κ1) is 55.0. The third kappa shape index (κ3) is 15.8. The molecule has 72 heavy (non-hydrogen) atoms. The van der Waals surface area contributed by atoms with Crippen LogP contribution in [0.5, 0.6) is 11.5 Å². The summed E-state index contributed by atoms with van der Waals surface area (Å²) in [4.78, 5) is 117. The third-order valence-corrected chi connectivity index (χ3v) is 13.4. The van der Waals surface area contributed by atoms with Crippen LogP contribution in [-0.2, 0) is 44.8 Å². The lowest BCUT2D eigenvalue weighted by molar-refractivity contribution is -0.136. The number of alkyl carbamates (subject to hydrolysis) is 1. The minimum absolute atomic E-state index is 0.0444. The Labute approximate surface area is 421 Å². The highest BCUT2D eigenvalue weighted by atomic mass is 16.6.